The Bertz CT molecular complexity index is 546. The van der Waals surface area contributed by atoms with Crippen molar-refractivity contribution in [2.24, 2.45) is 0 Å². The molecule has 0 saturated carbocycles. The van der Waals surface area contributed by atoms with E-state index in [1.807, 2.05) is 42.5 Å². The van der Waals surface area contributed by atoms with Gasteiger partial charge in [0.1, 0.15) is 0 Å². The smallest absolute Gasteiger partial charge is 0.0606 e. The normalized spacial score (nSPS) is 12.4. The summed E-state index contributed by atoms with van der Waals surface area (Å²) in [5, 5.41) is 5.54. The van der Waals surface area contributed by atoms with Crippen molar-refractivity contribution in [3.63, 3.8) is 0 Å². The summed E-state index contributed by atoms with van der Waals surface area (Å²) in [5.74, 6) is 0. The van der Waals surface area contributed by atoms with Crippen LogP contribution >= 0.6 is 34.8 Å². The van der Waals surface area contributed by atoms with Crippen LogP contribution in [0, 0.1) is 0 Å². The second-order valence-electron chi connectivity index (χ2n) is 4.57. The standard InChI is InChI=1S/C16H16Cl3N/c1-2-10-20-16(11-6-8-12(17)9-7-11)15-13(18)4-3-5-14(15)19/h3-9,16,20H,2,10H2,1H3. The minimum atomic E-state index is -0.0339. The van der Waals surface area contributed by atoms with Gasteiger partial charge >= 0.3 is 0 Å². The average Bonchev–Trinajstić information content (AvgIpc) is 2.43. The van der Waals surface area contributed by atoms with E-state index in [0.717, 1.165) is 24.1 Å². The first-order chi connectivity index (χ1) is 9.63. The van der Waals surface area contributed by atoms with E-state index in [4.69, 9.17) is 34.8 Å². The molecule has 2 rings (SSSR count). The van der Waals surface area contributed by atoms with Gasteiger partial charge in [-0.15, -0.1) is 0 Å². The van der Waals surface area contributed by atoms with Crippen molar-refractivity contribution in [3.05, 3.63) is 68.7 Å². The lowest BCUT2D eigenvalue weighted by Crippen LogP contribution is -2.23. The average molecular weight is 329 g/mol. The molecule has 0 heterocycles. The number of hydrogen-bond donors (Lipinski definition) is 1. The molecule has 1 nitrogen and oxygen atoms in total. The Labute approximate surface area is 134 Å². The van der Waals surface area contributed by atoms with Crippen molar-refractivity contribution in [2.45, 2.75) is 19.4 Å². The molecule has 0 amide bonds. The minimum absolute atomic E-state index is 0.0339. The summed E-state index contributed by atoms with van der Waals surface area (Å²) >= 11 is 18.6. The third-order valence-electron chi connectivity index (χ3n) is 3.09. The SMILES string of the molecule is CCCNC(c1ccc(Cl)cc1)c1c(Cl)cccc1Cl. The first-order valence-corrected chi connectivity index (χ1v) is 7.69. The Kier molecular flexibility index (Phi) is 5.74. The van der Waals surface area contributed by atoms with E-state index in [1.54, 1.807) is 0 Å². The van der Waals surface area contributed by atoms with Crippen LogP contribution in [0.4, 0.5) is 0 Å². The van der Waals surface area contributed by atoms with Gasteiger partial charge in [0.25, 0.3) is 0 Å². The molecular weight excluding hydrogens is 313 g/mol. The van der Waals surface area contributed by atoms with Crippen LogP contribution in [0.5, 0.6) is 0 Å². The van der Waals surface area contributed by atoms with E-state index in [1.165, 1.54) is 0 Å². The zero-order chi connectivity index (χ0) is 14.5. The second-order valence-corrected chi connectivity index (χ2v) is 5.82. The maximum absolute atomic E-state index is 6.33. The van der Waals surface area contributed by atoms with Gasteiger partial charge in [-0.3, -0.25) is 0 Å². The molecule has 2 aromatic rings. The van der Waals surface area contributed by atoms with Gasteiger partial charge in [0.05, 0.1) is 6.04 Å². The molecule has 0 aromatic heterocycles. The van der Waals surface area contributed by atoms with Crippen LogP contribution in [0.1, 0.15) is 30.5 Å². The Hall–Kier alpha value is -0.730. The summed E-state index contributed by atoms with van der Waals surface area (Å²) in [6.07, 6.45) is 1.03. The molecule has 20 heavy (non-hydrogen) atoms. The molecule has 0 fully saturated rings. The van der Waals surface area contributed by atoms with Gasteiger partial charge in [0, 0.05) is 20.6 Å². The van der Waals surface area contributed by atoms with E-state index in [9.17, 15) is 0 Å². The Morgan fingerprint density at radius 2 is 1.55 bits per heavy atom. The van der Waals surface area contributed by atoms with Crippen molar-refractivity contribution < 1.29 is 0 Å². The van der Waals surface area contributed by atoms with Gasteiger partial charge in [-0.25, -0.2) is 0 Å². The van der Waals surface area contributed by atoms with Crippen LogP contribution < -0.4 is 5.32 Å². The van der Waals surface area contributed by atoms with Crippen molar-refractivity contribution in [1.29, 1.82) is 0 Å². The first-order valence-electron chi connectivity index (χ1n) is 6.56. The minimum Gasteiger partial charge on any atom is -0.306 e. The fraction of sp³-hybridized carbons (Fsp3) is 0.250. The zero-order valence-electron chi connectivity index (χ0n) is 11.2. The summed E-state index contributed by atoms with van der Waals surface area (Å²) in [5.41, 5.74) is 2.00. The molecule has 0 bridgehead atoms. The van der Waals surface area contributed by atoms with Crippen molar-refractivity contribution in [2.75, 3.05) is 6.54 Å². The van der Waals surface area contributed by atoms with E-state index in [0.29, 0.717) is 15.1 Å². The van der Waals surface area contributed by atoms with Crippen LogP contribution in [-0.2, 0) is 0 Å². The third kappa shape index (κ3) is 3.67. The van der Waals surface area contributed by atoms with E-state index >= 15 is 0 Å². The number of hydrogen-bond acceptors (Lipinski definition) is 1. The van der Waals surface area contributed by atoms with Gasteiger partial charge in [0.15, 0.2) is 0 Å². The lowest BCUT2D eigenvalue weighted by atomic mass is 9.98. The second kappa shape index (κ2) is 7.33. The molecule has 106 valence electrons. The molecule has 0 spiro atoms. The Morgan fingerprint density at radius 1 is 0.950 bits per heavy atom. The fourth-order valence-electron chi connectivity index (χ4n) is 2.12. The van der Waals surface area contributed by atoms with Crippen LogP contribution in [0.2, 0.25) is 15.1 Å². The lowest BCUT2D eigenvalue weighted by Gasteiger charge is -2.22. The number of rotatable bonds is 5. The molecule has 0 aliphatic rings. The van der Waals surface area contributed by atoms with Gasteiger partial charge in [-0.1, -0.05) is 59.9 Å². The largest absolute Gasteiger partial charge is 0.306 e. The topological polar surface area (TPSA) is 12.0 Å². The highest BCUT2D eigenvalue weighted by Gasteiger charge is 2.19. The maximum atomic E-state index is 6.33. The third-order valence-corrected chi connectivity index (χ3v) is 4.00. The Morgan fingerprint density at radius 3 is 2.10 bits per heavy atom. The van der Waals surface area contributed by atoms with Gasteiger partial charge in [0.2, 0.25) is 0 Å². The molecule has 0 aliphatic carbocycles. The van der Waals surface area contributed by atoms with Gasteiger partial charge < -0.3 is 5.32 Å². The summed E-state index contributed by atoms with van der Waals surface area (Å²) in [6.45, 7) is 3.01. The molecule has 4 heteroatoms. The molecule has 1 unspecified atom stereocenters. The summed E-state index contributed by atoms with van der Waals surface area (Å²) < 4.78 is 0. The predicted molar refractivity (Wildman–Crippen MR) is 88.1 cm³/mol. The molecule has 1 atom stereocenters. The molecule has 2 aromatic carbocycles. The molecule has 1 N–H and O–H groups in total. The maximum Gasteiger partial charge on any atom is 0.0606 e. The highest BCUT2D eigenvalue weighted by Crippen LogP contribution is 2.34. The zero-order valence-corrected chi connectivity index (χ0v) is 13.4. The van der Waals surface area contributed by atoms with E-state index in [2.05, 4.69) is 12.2 Å². The lowest BCUT2D eigenvalue weighted by molar-refractivity contribution is 0.599. The monoisotopic (exact) mass is 327 g/mol. The van der Waals surface area contributed by atoms with Crippen molar-refractivity contribution >= 4 is 34.8 Å². The quantitative estimate of drug-likeness (QED) is 0.738. The van der Waals surface area contributed by atoms with E-state index < -0.39 is 0 Å². The number of benzene rings is 2. The number of halogens is 3. The molecule has 0 radical (unpaired) electrons. The van der Waals surface area contributed by atoms with Crippen LogP contribution in [0.3, 0.4) is 0 Å². The van der Waals surface area contributed by atoms with Crippen molar-refractivity contribution in [3.8, 4) is 0 Å². The highest BCUT2D eigenvalue weighted by molar-refractivity contribution is 6.36. The van der Waals surface area contributed by atoms with Crippen LogP contribution in [-0.4, -0.2) is 6.54 Å². The first kappa shape index (κ1) is 15.7. The summed E-state index contributed by atoms with van der Waals surface area (Å²) in [7, 11) is 0. The number of nitrogens with one attached hydrogen (secondary N) is 1. The Balaban J connectivity index is 2.44. The molecule has 0 saturated heterocycles. The highest BCUT2D eigenvalue weighted by atomic mass is 35.5. The van der Waals surface area contributed by atoms with Gasteiger partial charge in [-0.05, 0) is 42.8 Å². The van der Waals surface area contributed by atoms with E-state index in [-0.39, 0.29) is 6.04 Å². The van der Waals surface area contributed by atoms with Crippen LogP contribution in [0.25, 0.3) is 0 Å². The fourth-order valence-corrected chi connectivity index (χ4v) is 2.86. The van der Waals surface area contributed by atoms with Gasteiger partial charge in [-0.2, -0.15) is 0 Å². The summed E-state index contributed by atoms with van der Waals surface area (Å²) in [4.78, 5) is 0. The molecular formula is C16H16Cl3N. The molecule has 0 aliphatic heterocycles. The van der Waals surface area contributed by atoms with Crippen LogP contribution in [0.15, 0.2) is 42.5 Å². The predicted octanol–water partition coefficient (Wildman–Crippen LogP) is 5.74. The summed E-state index contributed by atoms with van der Waals surface area (Å²) in [6, 6.07) is 13.3. The van der Waals surface area contributed by atoms with Crippen molar-refractivity contribution in [1.82, 2.24) is 5.32 Å².